The molecule has 3 heterocycles. The van der Waals surface area contributed by atoms with Crippen molar-refractivity contribution in [3.63, 3.8) is 0 Å². The van der Waals surface area contributed by atoms with E-state index in [-0.39, 0.29) is 23.9 Å². The van der Waals surface area contributed by atoms with Crippen LogP contribution in [-0.2, 0) is 17.9 Å². The number of hydrogen-bond donors (Lipinski definition) is 1. The second-order valence-electron chi connectivity index (χ2n) is 11.8. The number of rotatable bonds is 8. The van der Waals surface area contributed by atoms with Crippen molar-refractivity contribution in [1.82, 2.24) is 29.1 Å². The van der Waals surface area contributed by atoms with E-state index in [2.05, 4.69) is 34.0 Å². The topological polar surface area (TPSA) is 96.5 Å². The van der Waals surface area contributed by atoms with E-state index in [1.807, 2.05) is 17.0 Å². The second kappa shape index (κ2) is 10.8. The zero-order chi connectivity index (χ0) is 27.0. The number of carbonyl (C=O) groups is 1. The molecule has 208 valence electrons. The molecule has 6 rings (SSSR count). The lowest BCUT2D eigenvalue weighted by atomic mass is 9.91. The third kappa shape index (κ3) is 5.52. The molecule has 39 heavy (non-hydrogen) atoms. The lowest BCUT2D eigenvalue weighted by Crippen LogP contribution is -2.50. The number of amides is 1. The number of aliphatic hydroxyl groups is 1. The fraction of sp³-hybridized carbons (Fsp3) is 0.600. The molecule has 3 aromatic rings. The summed E-state index contributed by atoms with van der Waals surface area (Å²) in [5, 5.41) is 16.2. The summed E-state index contributed by atoms with van der Waals surface area (Å²) in [6.45, 7) is 5.39. The highest BCUT2D eigenvalue weighted by Crippen LogP contribution is 2.33. The summed E-state index contributed by atoms with van der Waals surface area (Å²) in [5.74, 6) is 0.398. The summed E-state index contributed by atoms with van der Waals surface area (Å²) in [7, 11) is 0. The van der Waals surface area contributed by atoms with Crippen LogP contribution < -0.4 is 5.56 Å². The van der Waals surface area contributed by atoms with Crippen molar-refractivity contribution in [1.29, 1.82) is 0 Å². The van der Waals surface area contributed by atoms with E-state index in [0.717, 1.165) is 31.6 Å². The molecule has 0 unspecified atom stereocenters. The molecule has 0 spiro atoms. The molecule has 0 bridgehead atoms. The number of benzene rings is 1. The molecule has 0 atom stereocenters. The van der Waals surface area contributed by atoms with Crippen LogP contribution in [0.1, 0.15) is 70.3 Å². The van der Waals surface area contributed by atoms with E-state index in [1.165, 1.54) is 48.6 Å². The van der Waals surface area contributed by atoms with Crippen molar-refractivity contribution in [2.75, 3.05) is 19.6 Å². The Balaban J connectivity index is 1.18. The Bertz CT molecular complexity index is 1380. The number of likely N-dealkylation sites (tertiary alicyclic amines) is 1. The molecule has 9 nitrogen and oxygen atoms in total. The standard InChI is InChI=1S/C30H40N6O3/c1-2-33(24-8-4-3-5-9-24)19-22-7-6-10-25(17-22)36-27-26(18-32-36)29(38)35(21-31-27)20-30(39)13-15-34(16-14-30)28(37)23-11-12-23/h6-7,10,17-18,21,23-24,39H,2-5,8-9,11-16,19-20H2,1H3. The molecule has 1 N–H and O–H groups in total. The Hall–Kier alpha value is -3.04. The summed E-state index contributed by atoms with van der Waals surface area (Å²) in [4.78, 5) is 34.8. The number of hydrogen-bond acceptors (Lipinski definition) is 6. The SMILES string of the molecule is CCN(Cc1cccc(-n2ncc3c(=O)n(CC4(O)CCN(C(=O)C5CC5)CC4)cnc32)c1)C1CCCCC1. The Morgan fingerprint density at radius 1 is 1.13 bits per heavy atom. The zero-order valence-corrected chi connectivity index (χ0v) is 23.0. The lowest BCUT2D eigenvalue weighted by molar-refractivity contribution is -0.137. The normalized spacial score (nSPS) is 20.1. The molecule has 3 aliphatic rings. The fourth-order valence-corrected chi connectivity index (χ4v) is 6.42. The molecule has 1 amide bonds. The number of carbonyl (C=O) groups excluding carboxylic acids is 1. The van der Waals surface area contributed by atoms with Crippen LogP contribution in [0.2, 0.25) is 0 Å². The largest absolute Gasteiger partial charge is 0.388 e. The van der Waals surface area contributed by atoms with Gasteiger partial charge in [-0.3, -0.25) is 19.1 Å². The van der Waals surface area contributed by atoms with Gasteiger partial charge in [-0.15, -0.1) is 0 Å². The molecule has 2 aromatic heterocycles. The third-order valence-electron chi connectivity index (χ3n) is 8.99. The van der Waals surface area contributed by atoms with Crippen LogP contribution in [-0.4, -0.2) is 71.4 Å². The number of fused-ring (bicyclic) bond motifs is 1. The monoisotopic (exact) mass is 532 g/mol. The summed E-state index contributed by atoms with van der Waals surface area (Å²) in [6, 6.07) is 9.00. The summed E-state index contributed by atoms with van der Waals surface area (Å²) in [5.41, 5.74) is 1.39. The van der Waals surface area contributed by atoms with E-state index in [0.29, 0.717) is 43.0 Å². The van der Waals surface area contributed by atoms with Gasteiger partial charge in [-0.05, 0) is 62.8 Å². The van der Waals surface area contributed by atoms with Crippen molar-refractivity contribution >= 4 is 16.9 Å². The molecular formula is C30H40N6O3. The van der Waals surface area contributed by atoms with E-state index in [9.17, 15) is 14.7 Å². The third-order valence-corrected chi connectivity index (χ3v) is 8.99. The Morgan fingerprint density at radius 3 is 2.62 bits per heavy atom. The van der Waals surface area contributed by atoms with Gasteiger partial charge < -0.3 is 10.0 Å². The van der Waals surface area contributed by atoms with Gasteiger partial charge in [0.05, 0.1) is 24.0 Å². The van der Waals surface area contributed by atoms with Crippen molar-refractivity contribution in [2.24, 2.45) is 5.92 Å². The maximum atomic E-state index is 13.4. The molecular weight excluding hydrogens is 492 g/mol. The van der Waals surface area contributed by atoms with Gasteiger partial charge in [-0.2, -0.15) is 5.10 Å². The summed E-state index contributed by atoms with van der Waals surface area (Å²) >= 11 is 0. The molecule has 1 aromatic carbocycles. The van der Waals surface area contributed by atoms with Crippen molar-refractivity contribution < 1.29 is 9.90 Å². The molecule has 0 radical (unpaired) electrons. The van der Waals surface area contributed by atoms with Crippen LogP contribution in [0.4, 0.5) is 0 Å². The van der Waals surface area contributed by atoms with Gasteiger partial charge in [0, 0.05) is 31.6 Å². The first-order valence-electron chi connectivity index (χ1n) is 14.7. The Kier molecular flexibility index (Phi) is 7.29. The van der Waals surface area contributed by atoms with Crippen molar-refractivity contribution in [2.45, 2.75) is 89.4 Å². The Labute approximate surface area is 229 Å². The molecule has 1 saturated heterocycles. The first kappa shape index (κ1) is 26.2. The molecule has 2 saturated carbocycles. The maximum Gasteiger partial charge on any atom is 0.264 e. The average molecular weight is 533 g/mol. The minimum Gasteiger partial charge on any atom is -0.388 e. The predicted molar refractivity (Wildman–Crippen MR) is 150 cm³/mol. The second-order valence-corrected chi connectivity index (χ2v) is 11.8. The minimum atomic E-state index is -1.03. The van der Waals surface area contributed by atoms with Gasteiger partial charge >= 0.3 is 0 Å². The smallest absolute Gasteiger partial charge is 0.264 e. The number of piperidine rings is 1. The zero-order valence-electron chi connectivity index (χ0n) is 23.0. The van der Waals surface area contributed by atoms with E-state index in [1.54, 1.807) is 10.9 Å². The van der Waals surface area contributed by atoms with Crippen molar-refractivity contribution in [3.05, 3.63) is 52.7 Å². The molecule has 1 aliphatic heterocycles. The van der Waals surface area contributed by atoms with Crippen LogP contribution in [0.15, 0.2) is 41.6 Å². The van der Waals surface area contributed by atoms with Gasteiger partial charge in [-0.25, -0.2) is 9.67 Å². The van der Waals surface area contributed by atoms with Crippen LogP contribution in [0.3, 0.4) is 0 Å². The Morgan fingerprint density at radius 2 is 1.90 bits per heavy atom. The first-order valence-corrected chi connectivity index (χ1v) is 14.7. The molecule has 3 fully saturated rings. The average Bonchev–Trinajstić information content (AvgIpc) is 3.72. The summed E-state index contributed by atoms with van der Waals surface area (Å²) in [6.07, 6.45) is 12.5. The molecule has 2 aliphatic carbocycles. The van der Waals surface area contributed by atoms with Gasteiger partial charge in [0.2, 0.25) is 5.91 Å². The first-order chi connectivity index (χ1) is 18.9. The lowest BCUT2D eigenvalue weighted by Gasteiger charge is -2.38. The minimum absolute atomic E-state index is 0.162. The predicted octanol–water partition coefficient (Wildman–Crippen LogP) is 3.50. The van der Waals surface area contributed by atoms with Crippen LogP contribution in [0, 0.1) is 5.92 Å². The van der Waals surface area contributed by atoms with Gasteiger partial charge in [0.25, 0.3) is 5.56 Å². The maximum absolute atomic E-state index is 13.4. The summed E-state index contributed by atoms with van der Waals surface area (Å²) < 4.78 is 3.23. The highest BCUT2D eigenvalue weighted by Gasteiger charge is 2.39. The van der Waals surface area contributed by atoms with Gasteiger partial charge in [0.1, 0.15) is 11.7 Å². The van der Waals surface area contributed by atoms with Gasteiger partial charge in [0.15, 0.2) is 5.65 Å². The molecule has 9 heteroatoms. The fourth-order valence-electron chi connectivity index (χ4n) is 6.42. The number of nitrogens with zero attached hydrogens (tertiary/aromatic N) is 6. The van der Waals surface area contributed by atoms with E-state index in [4.69, 9.17) is 0 Å². The van der Waals surface area contributed by atoms with Crippen LogP contribution >= 0.6 is 0 Å². The quantitative estimate of drug-likeness (QED) is 0.477. The van der Waals surface area contributed by atoms with E-state index < -0.39 is 5.60 Å². The van der Waals surface area contributed by atoms with Crippen molar-refractivity contribution in [3.8, 4) is 5.69 Å². The number of aromatic nitrogens is 4. The van der Waals surface area contributed by atoms with Crippen LogP contribution in [0.5, 0.6) is 0 Å². The highest BCUT2D eigenvalue weighted by molar-refractivity contribution is 5.81. The highest BCUT2D eigenvalue weighted by atomic mass is 16.3. The van der Waals surface area contributed by atoms with Gasteiger partial charge in [-0.1, -0.05) is 38.3 Å². The van der Waals surface area contributed by atoms with E-state index >= 15 is 0 Å². The van der Waals surface area contributed by atoms with Crippen LogP contribution in [0.25, 0.3) is 16.7 Å².